The summed E-state index contributed by atoms with van der Waals surface area (Å²) < 4.78 is 0.511. The second-order valence-corrected chi connectivity index (χ2v) is 6.93. The van der Waals surface area contributed by atoms with E-state index in [1.165, 1.54) is 11.3 Å². The fraction of sp³-hybridized carbons (Fsp3) is 0.615. The molecule has 1 fully saturated rings. The molecule has 0 saturated carbocycles. The highest BCUT2D eigenvalue weighted by molar-refractivity contribution is 7.18. The first kappa shape index (κ1) is 14.3. The van der Waals surface area contributed by atoms with Crippen LogP contribution in [-0.4, -0.2) is 18.9 Å². The first-order valence-electron chi connectivity index (χ1n) is 6.29. The van der Waals surface area contributed by atoms with Gasteiger partial charge in [-0.05, 0) is 25.5 Å². The van der Waals surface area contributed by atoms with Crippen molar-refractivity contribution in [1.29, 1.82) is 0 Å². The molecule has 1 aliphatic heterocycles. The average molecular weight is 306 g/mol. The molecule has 1 aromatic heterocycles. The molecule has 1 saturated heterocycles. The lowest BCUT2D eigenvalue weighted by molar-refractivity contribution is 0.0804. The van der Waals surface area contributed by atoms with Crippen LogP contribution in [0.2, 0.25) is 9.36 Å². The van der Waals surface area contributed by atoms with Crippen molar-refractivity contribution in [3.05, 3.63) is 20.3 Å². The predicted molar refractivity (Wildman–Crippen MR) is 78.1 cm³/mol. The minimum Gasteiger partial charge on any atom is -0.316 e. The van der Waals surface area contributed by atoms with Gasteiger partial charge in [-0.3, -0.25) is 4.79 Å². The van der Waals surface area contributed by atoms with Crippen molar-refractivity contribution in [3.8, 4) is 0 Å². The molecule has 1 aliphatic rings. The Kier molecular flexibility index (Phi) is 4.70. The van der Waals surface area contributed by atoms with Crippen molar-refractivity contribution < 1.29 is 4.79 Å². The summed E-state index contributed by atoms with van der Waals surface area (Å²) in [5, 5.41) is 3.80. The molecule has 0 spiro atoms. The zero-order valence-electron chi connectivity index (χ0n) is 10.4. The Morgan fingerprint density at radius 1 is 1.56 bits per heavy atom. The molecule has 0 amide bonds. The molecular weight excluding hydrogens is 289 g/mol. The zero-order chi connectivity index (χ0) is 13.2. The first-order valence-corrected chi connectivity index (χ1v) is 7.86. The molecular formula is C13H17Cl2NOS. The van der Waals surface area contributed by atoms with Gasteiger partial charge in [0.1, 0.15) is 4.34 Å². The van der Waals surface area contributed by atoms with Gasteiger partial charge < -0.3 is 5.32 Å². The fourth-order valence-corrected chi connectivity index (χ4v) is 3.93. The van der Waals surface area contributed by atoms with Crippen molar-refractivity contribution in [1.82, 2.24) is 5.32 Å². The van der Waals surface area contributed by atoms with Crippen LogP contribution in [0.1, 0.15) is 42.3 Å². The van der Waals surface area contributed by atoms with Crippen LogP contribution in [0.4, 0.5) is 0 Å². The molecule has 0 aromatic carbocycles. The van der Waals surface area contributed by atoms with Gasteiger partial charge in [0, 0.05) is 12.0 Å². The molecule has 2 nitrogen and oxygen atoms in total. The first-order chi connectivity index (χ1) is 8.59. The topological polar surface area (TPSA) is 29.1 Å². The number of Topliss-reactive ketones (excluding diaryl/α,β-unsaturated/α-hetero) is 1. The van der Waals surface area contributed by atoms with E-state index in [-0.39, 0.29) is 11.2 Å². The Morgan fingerprint density at radius 2 is 2.33 bits per heavy atom. The minimum absolute atomic E-state index is 0.208. The molecule has 5 heteroatoms. The van der Waals surface area contributed by atoms with Crippen LogP contribution < -0.4 is 5.32 Å². The van der Waals surface area contributed by atoms with Crippen LogP contribution in [0.15, 0.2) is 6.07 Å². The fourth-order valence-electron chi connectivity index (χ4n) is 2.50. The average Bonchev–Trinajstić information content (AvgIpc) is 2.95. The van der Waals surface area contributed by atoms with Crippen LogP contribution in [-0.2, 0) is 0 Å². The number of carbonyl (C=O) groups excluding carboxylic acids is 1. The molecule has 0 aliphatic carbocycles. The summed E-state index contributed by atoms with van der Waals surface area (Å²) in [4.78, 5) is 13.4. The van der Waals surface area contributed by atoms with Crippen LogP contribution in [0, 0.1) is 5.41 Å². The second kappa shape index (κ2) is 5.91. The standard InChI is InChI=1S/C13H17Cl2NOS/c1-2-3-4-13(5-6-16-8-13)11(17)10-7-9(14)12(15)18-10/h7,16H,2-6,8H2,1H3. The number of thiophene rings is 1. The molecule has 0 bridgehead atoms. The smallest absolute Gasteiger partial charge is 0.180 e. The summed E-state index contributed by atoms with van der Waals surface area (Å²) in [5.74, 6) is 0.208. The number of ketones is 1. The Labute approximate surface area is 122 Å². The number of nitrogens with one attached hydrogen (secondary N) is 1. The van der Waals surface area contributed by atoms with Crippen LogP contribution >= 0.6 is 34.5 Å². The number of rotatable bonds is 5. The maximum atomic E-state index is 12.7. The number of hydrogen-bond donors (Lipinski definition) is 1. The van der Waals surface area contributed by atoms with Crippen molar-refractivity contribution >= 4 is 40.3 Å². The van der Waals surface area contributed by atoms with Gasteiger partial charge in [0.05, 0.1) is 9.90 Å². The third kappa shape index (κ3) is 2.74. The summed E-state index contributed by atoms with van der Waals surface area (Å²) >= 11 is 13.2. The van der Waals surface area contributed by atoms with Crippen molar-refractivity contribution in [3.63, 3.8) is 0 Å². The van der Waals surface area contributed by atoms with Gasteiger partial charge in [-0.2, -0.15) is 0 Å². The molecule has 0 radical (unpaired) electrons. The highest BCUT2D eigenvalue weighted by Crippen LogP contribution is 2.40. The summed E-state index contributed by atoms with van der Waals surface area (Å²) in [6.07, 6.45) is 4.06. The number of halogens is 2. The maximum absolute atomic E-state index is 12.7. The summed E-state index contributed by atoms with van der Waals surface area (Å²) in [5.41, 5.74) is -0.243. The SMILES string of the molecule is CCCCC1(C(=O)c2cc(Cl)c(Cl)s2)CCNC1. The molecule has 2 heterocycles. The zero-order valence-corrected chi connectivity index (χ0v) is 12.7. The van der Waals surface area contributed by atoms with E-state index in [2.05, 4.69) is 12.2 Å². The van der Waals surface area contributed by atoms with Crippen molar-refractivity contribution in [2.45, 2.75) is 32.6 Å². The monoisotopic (exact) mass is 305 g/mol. The van der Waals surface area contributed by atoms with E-state index in [4.69, 9.17) is 23.2 Å². The Morgan fingerprint density at radius 3 is 2.83 bits per heavy atom. The van der Waals surface area contributed by atoms with E-state index >= 15 is 0 Å². The molecule has 1 aromatic rings. The van der Waals surface area contributed by atoms with Crippen LogP contribution in [0.25, 0.3) is 0 Å². The van der Waals surface area contributed by atoms with Crippen LogP contribution in [0.5, 0.6) is 0 Å². The molecule has 1 unspecified atom stereocenters. The summed E-state index contributed by atoms with van der Waals surface area (Å²) in [7, 11) is 0. The lowest BCUT2D eigenvalue weighted by Crippen LogP contribution is -2.33. The van der Waals surface area contributed by atoms with E-state index in [0.717, 1.165) is 38.8 Å². The predicted octanol–water partition coefficient (Wildman–Crippen LogP) is 4.41. The van der Waals surface area contributed by atoms with Gasteiger partial charge >= 0.3 is 0 Å². The second-order valence-electron chi connectivity index (χ2n) is 4.87. The Hall–Kier alpha value is -0.0900. The Bertz CT molecular complexity index is 419. The van der Waals surface area contributed by atoms with Gasteiger partial charge in [0.25, 0.3) is 0 Å². The molecule has 1 atom stereocenters. The van der Waals surface area contributed by atoms with Gasteiger partial charge in [-0.15, -0.1) is 11.3 Å². The van der Waals surface area contributed by atoms with E-state index in [0.29, 0.717) is 14.2 Å². The lowest BCUT2D eigenvalue weighted by Gasteiger charge is -2.25. The van der Waals surface area contributed by atoms with Crippen LogP contribution in [0.3, 0.4) is 0 Å². The van der Waals surface area contributed by atoms with Gasteiger partial charge in [-0.1, -0.05) is 43.0 Å². The molecule has 18 heavy (non-hydrogen) atoms. The van der Waals surface area contributed by atoms with Crippen molar-refractivity contribution in [2.75, 3.05) is 13.1 Å². The van der Waals surface area contributed by atoms with Gasteiger partial charge in [0.15, 0.2) is 5.78 Å². The van der Waals surface area contributed by atoms with E-state index in [1.807, 2.05) is 0 Å². The quantitative estimate of drug-likeness (QED) is 0.817. The molecule has 2 rings (SSSR count). The lowest BCUT2D eigenvalue weighted by atomic mass is 9.77. The number of carbonyl (C=O) groups is 1. The summed E-state index contributed by atoms with van der Waals surface area (Å²) in [6, 6.07) is 1.71. The largest absolute Gasteiger partial charge is 0.316 e. The van der Waals surface area contributed by atoms with Gasteiger partial charge in [0.2, 0.25) is 0 Å². The van der Waals surface area contributed by atoms with Crippen molar-refractivity contribution in [2.24, 2.45) is 5.41 Å². The highest BCUT2D eigenvalue weighted by Gasteiger charge is 2.41. The van der Waals surface area contributed by atoms with Gasteiger partial charge in [-0.25, -0.2) is 0 Å². The summed E-state index contributed by atoms with van der Waals surface area (Å²) in [6.45, 7) is 3.85. The third-order valence-electron chi connectivity index (χ3n) is 3.60. The minimum atomic E-state index is -0.243. The molecule has 1 N–H and O–H groups in total. The van der Waals surface area contributed by atoms with E-state index in [9.17, 15) is 4.79 Å². The highest BCUT2D eigenvalue weighted by atomic mass is 35.5. The normalized spacial score (nSPS) is 23.5. The third-order valence-corrected chi connectivity index (χ3v) is 5.47. The van der Waals surface area contributed by atoms with E-state index < -0.39 is 0 Å². The number of hydrogen-bond acceptors (Lipinski definition) is 3. The van der Waals surface area contributed by atoms with E-state index in [1.54, 1.807) is 6.07 Å². The molecule has 100 valence electrons. The number of unbranched alkanes of at least 4 members (excludes halogenated alkanes) is 1. The maximum Gasteiger partial charge on any atom is 0.180 e. The Balaban J connectivity index is 2.23.